The van der Waals surface area contributed by atoms with Crippen LogP contribution in [-0.2, 0) is 4.79 Å². The van der Waals surface area contributed by atoms with Crippen molar-refractivity contribution in [2.75, 3.05) is 0 Å². The molecule has 0 amide bonds. The highest BCUT2D eigenvalue weighted by Gasteiger charge is 2.30. The molecule has 1 aromatic carbocycles. The molecule has 9 heteroatoms. The average molecular weight is 271 g/mol. The lowest BCUT2D eigenvalue weighted by molar-refractivity contribution is -0.385. The van der Waals surface area contributed by atoms with Gasteiger partial charge >= 0.3 is 11.9 Å². The molecule has 0 saturated heterocycles. The summed E-state index contributed by atoms with van der Waals surface area (Å²) >= 11 is 0. The fourth-order valence-electron chi connectivity index (χ4n) is 1.41. The lowest BCUT2D eigenvalue weighted by atomic mass is 9.98. The molecule has 2 unspecified atom stereocenters. The van der Waals surface area contributed by atoms with Gasteiger partial charge in [0.25, 0.3) is 5.69 Å². The number of nitrogens with zero attached hydrogens (tertiary/aromatic N) is 1. The van der Waals surface area contributed by atoms with Gasteiger partial charge in [0, 0.05) is 17.7 Å². The Morgan fingerprint density at radius 2 is 1.79 bits per heavy atom. The molecular weight excluding hydrogens is 262 g/mol. The van der Waals surface area contributed by atoms with E-state index in [1.807, 2.05) is 0 Å². The number of carboxylic acids is 2. The molecule has 19 heavy (non-hydrogen) atoms. The Balaban J connectivity index is 3.36. The molecule has 4 N–H and O–H groups in total. The fraction of sp³-hybridized carbons (Fsp3) is 0.200. The largest absolute Gasteiger partial charge is 0.479 e. The van der Waals surface area contributed by atoms with Crippen molar-refractivity contribution in [2.45, 2.75) is 12.2 Å². The third-order valence-electron chi connectivity index (χ3n) is 2.35. The summed E-state index contributed by atoms with van der Waals surface area (Å²) in [5, 5.41) is 46.7. The van der Waals surface area contributed by atoms with E-state index in [9.17, 15) is 29.9 Å². The Morgan fingerprint density at radius 3 is 2.21 bits per heavy atom. The van der Waals surface area contributed by atoms with Gasteiger partial charge in [0.2, 0.25) is 0 Å². The van der Waals surface area contributed by atoms with Gasteiger partial charge in [-0.3, -0.25) is 10.1 Å². The van der Waals surface area contributed by atoms with Crippen LogP contribution in [0, 0.1) is 10.1 Å². The number of aromatic carboxylic acids is 1. The van der Waals surface area contributed by atoms with Gasteiger partial charge in [0.15, 0.2) is 6.10 Å². The minimum Gasteiger partial charge on any atom is -0.479 e. The Bertz CT molecular complexity index is 540. The first-order chi connectivity index (χ1) is 8.75. The van der Waals surface area contributed by atoms with E-state index in [2.05, 4.69) is 0 Å². The topological polar surface area (TPSA) is 158 Å². The molecule has 2 atom stereocenters. The highest BCUT2D eigenvalue weighted by Crippen LogP contribution is 2.26. The SMILES string of the molecule is O=C(O)c1ccc([N+](=O)[O-])cc1C(O)C(O)C(=O)O. The molecule has 0 fully saturated rings. The number of aliphatic carboxylic acids is 1. The van der Waals surface area contributed by atoms with Gasteiger partial charge < -0.3 is 20.4 Å². The second-order valence-corrected chi connectivity index (χ2v) is 3.56. The molecule has 0 bridgehead atoms. The van der Waals surface area contributed by atoms with E-state index in [1.165, 1.54) is 0 Å². The van der Waals surface area contributed by atoms with Crippen molar-refractivity contribution >= 4 is 17.6 Å². The molecule has 102 valence electrons. The maximum atomic E-state index is 10.9. The monoisotopic (exact) mass is 271 g/mol. The van der Waals surface area contributed by atoms with Gasteiger partial charge in [-0.1, -0.05) is 0 Å². The minimum atomic E-state index is -2.29. The predicted molar refractivity (Wildman–Crippen MR) is 58.7 cm³/mol. The Kier molecular flexibility index (Phi) is 4.14. The Hall–Kier alpha value is -2.52. The van der Waals surface area contributed by atoms with Crippen molar-refractivity contribution in [3.63, 3.8) is 0 Å². The predicted octanol–water partition coefficient (Wildman–Crippen LogP) is -0.228. The molecule has 0 spiro atoms. The lowest BCUT2D eigenvalue weighted by Gasteiger charge is -2.16. The zero-order valence-electron chi connectivity index (χ0n) is 9.26. The fourth-order valence-corrected chi connectivity index (χ4v) is 1.41. The van der Waals surface area contributed by atoms with Crippen molar-refractivity contribution in [3.05, 3.63) is 39.4 Å². The summed E-state index contributed by atoms with van der Waals surface area (Å²) < 4.78 is 0. The van der Waals surface area contributed by atoms with Crippen LogP contribution in [-0.4, -0.2) is 43.4 Å². The van der Waals surface area contributed by atoms with Crippen LogP contribution in [0.4, 0.5) is 5.69 Å². The van der Waals surface area contributed by atoms with E-state index in [4.69, 9.17) is 10.2 Å². The molecule has 0 radical (unpaired) electrons. The molecule has 0 saturated carbocycles. The van der Waals surface area contributed by atoms with Crippen molar-refractivity contribution < 1.29 is 34.9 Å². The van der Waals surface area contributed by atoms with Crippen LogP contribution in [0.3, 0.4) is 0 Å². The molecule has 0 heterocycles. The van der Waals surface area contributed by atoms with Crippen molar-refractivity contribution in [1.29, 1.82) is 0 Å². The Morgan fingerprint density at radius 1 is 1.21 bits per heavy atom. The van der Waals surface area contributed by atoms with Crippen LogP contribution in [0.2, 0.25) is 0 Å². The van der Waals surface area contributed by atoms with Gasteiger partial charge in [-0.05, 0) is 6.07 Å². The molecule has 9 nitrogen and oxygen atoms in total. The van der Waals surface area contributed by atoms with Crippen molar-refractivity contribution in [3.8, 4) is 0 Å². The number of nitro groups is 1. The number of hydrogen-bond acceptors (Lipinski definition) is 6. The van der Waals surface area contributed by atoms with E-state index in [1.54, 1.807) is 0 Å². The van der Waals surface area contributed by atoms with Crippen LogP contribution in [0.15, 0.2) is 18.2 Å². The number of carbonyl (C=O) groups is 2. The highest BCUT2D eigenvalue weighted by atomic mass is 16.6. The summed E-state index contributed by atoms with van der Waals surface area (Å²) in [6, 6.07) is 2.46. The number of aliphatic hydroxyl groups excluding tert-OH is 2. The summed E-state index contributed by atoms with van der Waals surface area (Å²) in [6.45, 7) is 0. The second-order valence-electron chi connectivity index (χ2n) is 3.56. The van der Waals surface area contributed by atoms with E-state index in [0.29, 0.717) is 6.07 Å². The standard InChI is InChI=1S/C10H9NO8/c12-7(8(13)10(16)17)6-3-4(11(18)19)1-2-5(6)9(14)15/h1-3,7-8,12-13H,(H,14,15)(H,16,17). The summed E-state index contributed by atoms with van der Waals surface area (Å²) in [6.07, 6.45) is -4.39. The first kappa shape index (κ1) is 14.5. The van der Waals surface area contributed by atoms with E-state index >= 15 is 0 Å². The van der Waals surface area contributed by atoms with Crippen LogP contribution in [0.1, 0.15) is 22.0 Å². The molecule has 1 aromatic rings. The van der Waals surface area contributed by atoms with Gasteiger partial charge in [-0.15, -0.1) is 0 Å². The molecule has 1 rings (SSSR count). The molecular formula is C10H9NO8. The van der Waals surface area contributed by atoms with Gasteiger partial charge in [-0.25, -0.2) is 9.59 Å². The number of rotatable bonds is 5. The summed E-state index contributed by atoms with van der Waals surface area (Å²) in [7, 11) is 0. The summed E-state index contributed by atoms with van der Waals surface area (Å²) in [5.74, 6) is -3.29. The Labute approximate surface area is 105 Å². The van der Waals surface area contributed by atoms with Gasteiger partial charge in [0.05, 0.1) is 10.5 Å². The maximum absolute atomic E-state index is 10.9. The molecule has 0 aliphatic rings. The first-order valence-electron chi connectivity index (χ1n) is 4.86. The van der Waals surface area contributed by atoms with Gasteiger partial charge in [0.1, 0.15) is 6.10 Å². The third-order valence-corrected chi connectivity index (χ3v) is 2.35. The number of aliphatic hydroxyl groups is 2. The summed E-state index contributed by atoms with van der Waals surface area (Å²) in [4.78, 5) is 31.1. The first-order valence-corrected chi connectivity index (χ1v) is 4.86. The zero-order valence-corrected chi connectivity index (χ0v) is 9.26. The highest BCUT2D eigenvalue weighted by molar-refractivity contribution is 5.90. The van der Waals surface area contributed by atoms with E-state index in [-0.39, 0.29) is 0 Å². The quantitative estimate of drug-likeness (QED) is 0.422. The molecule has 0 aliphatic carbocycles. The van der Waals surface area contributed by atoms with Crippen LogP contribution >= 0.6 is 0 Å². The molecule has 0 aromatic heterocycles. The maximum Gasteiger partial charge on any atom is 0.336 e. The minimum absolute atomic E-state index is 0.529. The summed E-state index contributed by atoms with van der Waals surface area (Å²) in [5.41, 5.74) is -1.60. The normalized spacial score (nSPS) is 13.6. The smallest absolute Gasteiger partial charge is 0.336 e. The van der Waals surface area contributed by atoms with Gasteiger partial charge in [-0.2, -0.15) is 0 Å². The number of benzene rings is 1. The van der Waals surface area contributed by atoms with Crippen molar-refractivity contribution in [2.24, 2.45) is 0 Å². The average Bonchev–Trinajstić information content (AvgIpc) is 2.35. The van der Waals surface area contributed by atoms with Crippen LogP contribution in [0.5, 0.6) is 0 Å². The zero-order chi connectivity index (χ0) is 14.7. The number of carboxylic acid groups (broad SMARTS) is 2. The number of non-ortho nitro benzene ring substituents is 1. The van der Waals surface area contributed by atoms with Crippen LogP contribution in [0.25, 0.3) is 0 Å². The van der Waals surface area contributed by atoms with E-state index < -0.39 is 45.9 Å². The second kappa shape index (κ2) is 5.42. The van der Waals surface area contributed by atoms with Crippen molar-refractivity contribution in [1.82, 2.24) is 0 Å². The third kappa shape index (κ3) is 3.03. The lowest BCUT2D eigenvalue weighted by Crippen LogP contribution is -2.28. The number of hydrogen-bond donors (Lipinski definition) is 4. The van der Waals surface area contributed by atoms with Crippen LogP contribution < -0.4 is 0 Å². The number of nitro benzene ring substituents is 1. The van der Waals surface area contributed by atoms with E-state index in [0.717, 1.165) is 12.1 Å². The molecule has 0 aliphatic heterocycles.